The summed E-state index contributed by atoms with van der Waals surface area (Å²) in [5.74, 6) is 0.466. The molecule has 1 aliphatic rings. The van der Waals surface area contributed by atoms with E-state index in [1.54, 1.807) is 17.5 Å². The zero-order valence-corrected chi connectivity index (χ0v) is 19.3. The van der Waals surface area contributed by atoms with Gasteiger partial charge in [-0.05, 0) is 35.7 Å². The zero-order chi connectivity index (χ0) is 22.8. The van der Waals surface area contributed by atoms with E-state index < -0.39 is 15.1 Å². The number of sulfone groups is 1. The molecule has 0 bridgehead atoms. The molecule has 2 aromatic carbocycles. The van der Waals surface area contributed by atoms with E-state index in [1.165, 1.54) is 6.07 Å². The van der Waals surface area contributed by atoms with Gasteiger partial charge in [-0.3, -0.25) is 0 Å². The molecule has 2 aromatic heterocycles. The number of thiophene rings is 1. The minimum atomic E-state index is -3.93. The molecule has 4 aromatic rings. The predicted octanol–water partition coefficient (Wildman–Crippen LogP) is 4.06. The third-order valence-electron chi connectivity index (χ3n) is 5.73. The maximum atomic E-state index is 13.3. The van der Waals surface area contributed by atoms with Crippen molar-refractivity contribution in [2.45, 2.75) is 9.46 Å². The molecule has 0 unspecified atom stereocenters. The summed E-state index contributed by atoms with van der Waals surface area (Å²) in [4.78, 5) is 13.8. The summed E-state index contributed by atoms with van der Waals surface area (Å²) in [7, 11) is -3.93. The molecule has 0 radical (unpaired) electrons. The maximum absolute atomic E-state index is 13.3. The number of nitriles is 1. The molecule has 0 aliphatic carbocycles. The first-order chi connectivity index (χ1) is 16.1. The molecule has 7 nitrogen and oxygen atoms in total. The lowest BCUT2D eigenvalue weighted by atomic mass is 10.2. The van der Waals surface area contributed by atoms with E-state index in [0.717, 1.165) is 30.1 Å². The van der Waals surface area contributed by atoms with Gasteiger partial charge < -0.3 is 9.80 Å². The third kappa shape index (κ3) is 4.03. The van der Waals surface area contributed by atoms with Crippen LogP contribution in [0.2, 0.25) is 0 Å². The van der Waals surface area contributed by atoms with Crippen molar-refractivity contribution in [3.63, 3.8) is 0 Å². The van der Waals surface area contributed by atoms with Crippen LogP contribution in [-0.4, -0.2) is 44.6 Å². The van der Waals surface area contributed by atoms with Crippen LogP contribution >= 0.6 is 11.3 Å². The molecule has 0 N–H and O–H groups in total. The van der Waals surface area contributed by atoms with Crippen LogP contribution in [-0.2, 0) is 9.84 Å². The number of hydrogen-bond acceptors (Lipinski definition) is 8. The zero-order valence-electron chi connectivity index (χ0n) is 17.7. The molecule has 0 amide bonds. The molecule has 3 heterocycles. The Morgan fingerprint density at radius 1 is 0.848 bits per heavy atom. The second kappa shape index (κ2) is 8.81. The Morgan fingerprint density at radius 3 is 2.12 bits per heavy atom. The standard InChI is InChI=1S/C24H21N5O2S2/c25-17-21(33(30,31)22-11-6-16-32-22)23-24(27-20-10-5-4-9-19(20)26-23)29-14-12-28(13-15-29)18-7-2-1-3-8-18/h1-11,16,21H,12-15H2/t21-/m1/s1. The van der Waals surface area contributed by atoms with Gasteiger partial charge in [0, 0.05) is 31.9 Å². The lowest BCUT2D eigenvalue weighted by Gasteiger charge is -2.37. The van der Waals surface area contributed by atoms with Gasteiger partial charge in [0.1, 0.15) is 9.90 Å². The fourth-order valence-corrected chi connectivity index (χ4v) is 6.58. The Morgan fingerprint density at radius 2 is 1.48 bits per heavy atom. The van der Waals surface area contributed by atoms with Gasteiger partial charge in [-0.25, -0.2) is 18.4 Å². The number of benzene rings is 2. The number of nitrogens with zero attached hydrogens (tertiary/aromatic N) is 5. The van der Waals surface area contributed by atoms with Crippen molar-refractivity contribution in [1.82, 2.24) is 9.97 Å². The van der Waals surface area contributed by atoms with Crippen LogP contribution in [0.25, 0.3) is 11.0 Å². The van der Waals surface area contributed by atoms with Crippen molar-refractivity contribution in [3.05, 3.63) is 77.8 Å². The lowest BCUT2D eigenvalue weighted by Crippen LogP contribution is -2.47. The van der Waals surface area contributed by atoms with E-state index in [2.05, 4.69) is 22.0 Å². The van der Waals surface area contributed by atoms with Crippen molar-refractivity contribution in [1.29, 1.82) is 5.26 Å². The first-order valence-electron chi connectivity index (χ1n) is 10.6. The van der Waals surface area contributed by atoms with E-state index in [1.807, 2.05) is 47.4 Å². The molecular formula is C24H21N5O2S2. The summed E-state index contributed by atoms with van der Waals surface area (Å²) in [5, 5.41) is 10.2. The van der Waals surface area contributed by atoms with E-state index in [-0.39, 0.29) is 9.90 Å². The Labute approximate surface area is 196 Å². The minimum Gasteiger partial charge on any atom is -0.368 e. The summed E-state index contributed by atoms with van der Waals surface area (Å²) in [6.45, 7) is 2.80. The smallest absolute Gasteiger partial charge is 0.209 e. The SMILES string of the molecule is N#C[C@H](c1nc2ccccc2nc1N1CCN(c2ccccc2)CC1)S(=O)(=O)c1cccs1. The van der Waals surface area contributed by atoms with Crippen LogP contribution < -0.4 is 9.80 Å². The number of para-hydroxylation sites is 3. The second-order valence-electron chi connectivity index (χ2n) is 7.72. The summed E-state index contributed by atoms with van der Waals surface area (Å²) >= 11 is 1.10. The van der Waals surface area contributed by atoms with Crippen molar-refractivity contribution in [2.75, 3.05) is 36.0 Å². The van der Waals surface area contributed by atoms with Gasteiger partial charge in [0.05, 0.1) is 17.1 Å². The molecule has 1 fully saturated rings. The van der Waals surface area contributed by atoms with E-state index in [0.29, 0.717) is 29.9 Å². The monoisotopic (exact) mass is 475 g/mol. The van der Waals surface area contributed by atoms with E-state index in [4.69, 9.17) is 4.98 Å². The van der Waals surface area contributed by atoms with Crippen molar-refractivity contribution in [2.24, 2.45) is 0 Å². The second-order valence-corrected chi connectivity index (χ2v) is 10.9. The molecule has 0 spiro atoms. The molecule has 9 heteroatoms. The quantitative estimate of drug-likeness (QED) is 0.430. The summed E-state index contributed by atoms with van der Waals surface area (Å²) < 4.78 is 26.8. The number of piperazine rings is 1. The number of rotatable bonds is 5. The first-order valence-corrected chi connectivity index (χ1v) is 13.0. The van der Waals surface area contributed by atoms with Gasteiger partial charge in [0.15, 0.2) is 11.1 Å². The highest BCUT2D eigenvalue weighted by atomic mass is 32.2. The average molecular weight is 476 g/mol. The first kappa shape index (κ1) is 21.4. The molecular weight excluding hydrogens is 454 g/mol. The Hall–Kier alpha value is -3.48. The number of fused-ring (bicyclic) bond motifs is 1. The molecule has 5 rings (SSSR count). The van der Waals surface area contributed by atoms with Crippen molar-refractivity contribution >= 4 is 43.7 Å². The van der Waals surface area contributed by atoms with Gasteiger partial charge in [0.25, 0.3) is 0 Å². The highest BCUT2D eigenvalue weighted by Gasteiger charge is 2.36. The molecule has 1 atom stereocenters. The van der Waals surface area contributed by atoms with Gasteiger partial charge in [0.2, 0.25) is 9.84 Å². The van der Waals surface area contributed by atoms with Crippen LogP contribution in [0.3, 0.4) is 0 Å². The largest absolute Gasteiger partial charge is 0.368 e. The summed E-state index contributed by atoms with van der Waals surface area (Å²) in [5.41, 5.74) is 2.59. The Bertz CT molecular complexity index is 1410. The predicted molar refractivity (Wildman–Crippen MR) is 130 cm³/mol. The van der Waals surface area contributed by atoms with Gasteiger partial charge in [-0.15, -0.1) is 11.3 Å². The van der Waals surface area contributed by atoms with Crippen molar-refractivity contribution in [3.8, 4) is 6.07 Å². The molecule has 33 heavy (non-hydrogen) atoms. The normalized spacial score (nSPS) is 15.4. The van der Waals surface area contributed by atoms with Gasteiger partial charge in [-0.1, -0.05) is 36.4 Å². The average Bonchev–Trinajstić information content (AvgIpc) is 3.41. The summed E-state index contributed by atoms with van der Waals surface area (Å²) in [6, 6.07) is 22.7. The Balaban J connectivity index is 1.55. The lowest BCUT2D eigenvalue weighted by molar-refractivity contribution is 0.591. The topological polar surface area (TPSA) is 90.2 Å². The number of aromatic nitrogens is 2. The van der Waals surface area contributed by atoms with Gasteiger partial charge in [-0.2, -0.15) is 5.26 Å². The van der Waals surface area contributed by atoms with Crippen LogP contribution in [0.5, 0.6) is 0 Å². The van der Waals surface area contributed by atoms with Crippen LogP contribution in [0.15, 0.2) is 76.3 Å². The molecule has 0 saturated carbocycles. The maximum Gasteiger partial charge on any atom is 0.209 e. The highest BCUT2D eigenvalue weighted by Crippen LogP contribution is 2.35. The minimum absolute atomic E-state index is 0.156. The van der Waals surface area contributed by atoms with Crippen LogP contribution in [0, 0.1) is 11.3 Å². The third-order valence-corrected chi connectivity index (χ3v) is 9.02. The Kier molecular flexibility index (Phi) is 5.70. The van der Waals surface area contributed by atoms with Crippen LogP contribution in [0.1, 0.15) is 10.9 Å². The fourth-order valence-electron chi connectivity index (χ4n) is 4.05. The van der Waals surface area contributed by atoms with E-state index in [9.17, 15) is 13.7 Å². The molecule has 166 valence electrons. The fraction of sp³-hybridized carbons (Fsp3) is 0.208. The number of anilines is 2. The van der Waals surface area contributed by atoms with Crippen molar-refractivity contribution < 1.29 is 8.42 Å². The molecule has 1 aliphatic heterocycles. The van der Waals surface area contributed by atoms with E-state index >= 15 is 0 Å². The summed E-state index contributed by atoms with van der Waals surface area (Å²) in [6.07, 6.45) is 0. The highest BCUT2D eigenvalue weighted by molar-refractivity contribution is 7.93. The van der Waals surface area contributed by atoms with Gasteiger partial charge >= 0.3 is 0 Å². The number of hydrogen-bond donors (Lipinski definition) is 0. The molecule has 1 saturated heterocycles. The van der Waals surface area contributed by atoms with Crippen LogP contribution in [0.4, 0.5) is 11.5 Å².